The van der Waals surface area contributed by atoms with Gasteiger partial charge in [-0.2, -0.15) is 4.73 Å². The first-order chi connectivity index (χ1) is 10.5. The van der Waals surface area contributed by atoms with E-state index in [1.165, 1.54) is 31.5 Å². The van der Waals surface area contributed by atoms with Gasteiger partial charge in [-0.3, -0.25) is 4.79 Å². The summed E-state index contributed by atoms with van der Waals surface area (Å²) in [5, 5.41) is 13.6. The summed E-state index contributed by atoms with van der Waals surface area (Å²) in [6.45, 7) is 3.40. The number of hydrogen-bond donors (Lipinski definition) is 1. The molecule has 6 heteroatoms. The molecule has 0 fully saturated rings. The number of esters is 1. The lowest BCUT2D eigenvalue weighted by atomic mass is 10.2. The van der Waals surface area contributed by atoms with E-state index in [0.29, 0.717) is 10.4 Å². The van der Waals surface area contributed by atoms with Crippen LogP contribution in [0.3, 0.4) is 0 Å². The Balaban J connectivity index is 1.96. The van der Waals surface area contributed by atoms with Gasteiger partial charge in [0.1, 0.15) is 0 Å². The van der Waals surface area contributed by atoms with Gasteiger partial charge in [-0.15, -0.1) is 0 Å². The number of rotatable bonds is 4. The van der Waals surface area contributed by atoms with Crippen molar-refractivity contribution in [2.24, 2.45) is 0 Å². The molecule has 0 radical (unpaired) electrons. The first-order valence-electron chi connectivity index (χ1n) is 6.73. The van der Waals surface area contributed by atoms with Gasteiger partial charge in [-0.25, -0.2) is 4.79 Å². The van der Waals surface area contributed by atoms with Crippen LogP contribution in [0.25, 0.3) is 0 Å². The third kappa shape index (κ3) is 4.05. The monoisotopic (exact) mass is 300 g/mol. The normalized spacial score (nSPS) is 11.5. The Morgan fingerprint density at radius 2 is 1.91 bits per heavy atom. The van der Waals surface area contributed by atoms with Crippen molar-refractivity contribution in [1.29, 1.82) is 0 Å². The highest BCUT2D eigenvalue weighted by molar-refractivity contribution is 5.97. The van der Waals surface area contributed by atoms with Crippen molar-refractivity contribution in [2.45, 2.75) is 20.0 Å². The predicted octanol–water partition coefficient (Wildman–Crippen LogP) is 1.81. The molecule has 1 aromatic carbocycles. The molecule has 1 N–H and O–H groups in total. The van der Waals surface area contributed by atoms with Gasteiger partial charge in [-0.05, 0) is 31.5 Å². The van der Waals surface area contributed by atoms with Crippen molar-refractivity contribution in [3.63, 3.8) is 0 Å². The van der Waals surface area contributed by atoms with Crippen molar-refractivity contribution in [3.05, 3.63) is 65.1 Å². The molecule has 0 bridgehead atoms. The average Bonchev–Trinajstić information content (AvgIpc) is 2.47. The minimum absolute atomic E-state index is 0.210. The van der Waals surface area contributed by atoms with E-state index in [-0.39, 0.29) is 5.56 Å². The van der Waals surface area contributed by atoms with Gasteiger partial charge in [0, 0.05) is 17.8 Å². The molecule has 1 amide bonds. The number of nitrogens with one attached hydrogen (secondary N) is 1. The lowest BCUT2D eigenvalue weighted by Crippen LogP contribution is -2.30. The van der Waals surface area contributed by atoms with Crippen molar-refractivity contribution < 1.29 is 19.1 Å². The summed E-state index contributed by atoms with van der Waals surface area (Å²) in [7, 11) is 0. The molecule has 0 aliphatic heterocycles. The number of carbonyl (C=O) groups is 2. The number of nitrogens with zero attached hydrogens (tertiary/aromatic N) is 1. The Bertz CT molecular complexity index is 683. The maximum absolute atomic E-state index is 12.0. The van der Waals surface area contributed by atoms with Crippen LogP contribution in [0.1, 0.15) is 22.8 Å². The number of pyridine rings is 1. The largest absolute Gasteiger partial charge is 0.619 e. The van der Waals surface area contributed by atoms with Crippen molar-refractivity contribution in [2.75, 3.05) is 5.32 Å². The van der Waals surface area contributed by atoms with E-state index in [2.05, 4.69) is 5.32 Å². The fourth-order valence-electron chi connectivity index (χ4n) is 1.80. The number of anilines is 1. The number of amides is 1. The Hall–Kier alpha value is -2.89. The van der Waals surface area contributed by atoms with Crippen LogP contribution < -0.4 is 10.0 Å². The molecule has 0 spiro atoms. The van der Waals surface area contributed by atoms with E-state index in [1.807, 2.05) is 25.1 Å². The molecular formula is C16H16N2O4. The highest BCUT2D eigenvalue weighted by atomic mass is 16.5. The molecule has 0 saturated heterocycles. The molecule has 0 unspecified atom stereocenters. The van der Waals surface area contributed by atoms with Gasteiger partial charge < -0.3 is 15.3 Å². The molecule has 1 aromatic heterocycles. The van der Waals surface area contributed by atoms with Gasteiger partial charge in [0.15, 0.2) is 18.5 Å². The highest BCUT2D eigenvalue weighted by Gasteiger charge is 2.19. The summed E-state index contributed by atoms with van der Waals surface area (Å²) in [5.74, 6) is -1.08. The second kappa shape index (κ2) is 6.71. The van der Waals surface area contributed by atoms with E-state index in [9.17, 15) is 14.8 Å². The molecule has 2 aromatic rings. The van der Waals surface area contributed by atoms with Gasteiger partial charge >= 0.3 is 5.97 Å². The molecule has 1 heterocycles. The number of hydrogen-bond acceptors (Lipinski definition) is 4. The van der Waals surface area contributed by atoms with E-state index in [0.717, 1.165) is 5.56 Å². The van der Waals surface area contributed by atoms with Gasteiger partial charge in [0.25, 0.3) is 5.91 Å². The van der Waals surface area contributed by atoms with Crippen LogP contribution >= 0.6 is 0 Å². The summed E-state index contributed by atoms with van der Waals surface area (Å²) in [4.78, 5) is 23.9. The van der Waals surface area contributed by atoms with E-state index < -0.39 is 18.0 Å². The summed E-state index contributed by atoms with van der Waals surface area (Å²) >= 11 is 0. The lowest BCUT2D eigenvalue weighted by Gasteiger charge is -2.13. The van der Waals surface area contributed by atoms with Crippen molar-refractivity contribution >= 4 is 17.6 Å². The van der Waals surface area contributed by atoms with Crippen molar-refractivity contribution in [3.8, 4) is 0 Å². The summed E-state index contributed by atoms with van der Waals surface area (Å²) in [5.41, 5.74) is 1.86. The smallest absolute Gasteiger partial charge is 0.339 e. The zero-order chi connectivity index (χ0) is 16.1. The zero-order valence-electron chi connectivity index (χ0n) is 12.3. The molecule has 2 rings (SSSR count). The van der Waals surface area contributed by atoms with Gasteiger partial charge in [0.2, 0.25) is 0 Å². The van der Waals surface area contributed by atoms with E-state index >= 15 is 0 Å². The summed E-state index contributed by atoms with van der Waals surface area (Å²) < 4.78 is 5.64. The molecule has 114 valence electrons. The topological polar surface area (TPSA) is 82.3 Å². The molecule has 0 aliphatic rings. The standard InChI is InChI=1S/C16H16N2O4/c1-11-4-3-5-14(10-11)17-15(19)12(2)22-16(20)13-6-8-18(21)9-7-13/h3-10,12H,1-2H3,(H,17,19)/t12-/m1/s1. The van der Waals surface area contributed by atoms with Crippen LogP contribution in [0.15, 0.2) is 48.8 Å². The molecule has 1 atom stereocenters. The number of benzene rings is 1. The number of ether oxygens (including phenoxy) is 1. The Morgan fingerprint density at radius 1 is 1.23 bits per heavy atom. The minimum Gasteiger partial charge on any atom is -0.619 e. The number of aromatic nitrogens is 1. The Morgan fingerprint density at radius 3 is 2.55 bits per heavy atom. The van der Waals surface area contributed by atoms with Crippen LogP contribution in [-0.4, -0.2) is 18.0 Å². The third-order valence-corrected chi connectivity index (χ3v) is 2.98. The first-order valence-corrected chi connectivity index (χ1v) is 6.73. The minimum atomic E-state index is -0.951. The average molecular weight is 300 g/mol. The molecule has 0 saturated carbocycles. The van der Waals surface area contributed by atoms with Crippen LogP contribution in [0.2, 0.25) is 0 Å². The van der Waals surface area contributed by atoms with Gasteiger partial charge in [-0.1, -0.05) is 12.1 Å². The third-order valence-electron chi connectivity index (χ3n) is 2.98. The van der Waals surface area contributed by atoms with Crippen LogP contribution in [0, 0.1) is 12.1 Å². The summed E-state index contributed by atoms with van der Waals surface area (Å²) in [6.07, 6.45) is 1.43. The van der Waals surface area contributed by atoms with Crippen LogP contribution in [0.5, 0.6) is 0 Å². The number of aryl methyl sites for hydroxylation is 1. The van der Waals surface area contributed by atoms with E-state index in [1.54, 1.807) is 6.07 Å². The fraction of sp³-hybridized carbons (Fsp3) is 0.188. The second-order valence-electron chi connectivity index (χ2n) is 4.85. The fourth-order valence-corrected chi connectivity index (χ4v) is 1.80. The Labute approximate surface area is 127 Å². The van der Waals surface area contributed by atoms with Crippen molar-refractivity contribution in [1.82, 2.24) is 0 Å². The highest BCUT2D eigenvalue weighted by Crippen LogP contribution is 2.11. The quantitative estimate of drug-likeness (QED) is 0.530. The van der Waals surface area contributed by atoms with Crippen LogP contribution in [-0.2, 0) is 9.53 Å². The first kappa shape index (κ1) is 15.5. The Kier molecular flexibility index (Phi) is 4.73. The van der Waals surface area contributed by atoms with Gasteiger partial charge in [0.05, 0.1) is 5.56 Å². The SMILES string of the molecule is Cc1cccc(NC(=O)[C@@H](C)OC(=O)c2cc[n+]([O-])cc2)c1. The zero-order valence-corrected chi connectivity index (χ0v) is 12.3. The van der Waals surface area contributed by atoms with E-state index in [4.69, 9.17) is 4.74 Å². The molecular weight excluding hydrogens is 284 g/mol. The second-order valence-corrected chi connectivity index (χ2v) is 4.85. The lowest BCUT2D eigenvalue weighted by molar-refractivity contribution is -0.605. The predicted molar refractivity (Wildman–Crippen MR) is 80.1 cm³/mol. The van der Waals surface area contributed by atoms with Crippen LogP contribution in [0.4, 0.5) is 5.69 Å². The summed E-state index contributed by atoms with van der Waals surface area (Å²) in [6, 6.07) is 9.97. The molecule has 22 heavy (non-hydrogen) atoms. The maximum Gasteiger partial charge on any atom is 0.339 e. The molecule has 6 nitrogen and oxygen atoms in total. The molecule has 0 aliphatic carbocycles. The number of carbonyl (C=O) groups excluding carboxylic acids is 2. The maximum atomic E-state index is 12.0.